The summed E-state index contributed by atoms with van der Waals surface area (Å²) in [5.74, 6) is 0.282. The van der Waals surface area contributed by atoms with Crippen LogP contribution >= 0.6 is 0 Å². The van der Waals surface area contributed by atoms with Gasteiger partial charge in [-0.05, 0) is 52.3 Å². The predicted molar refractivity (Wildman–Crippen MR) is 116 cm³/mol. The van der Waals surface area contributed by atoms with E-state index < -0.39 is 18.3 Å². The average molecular weight is 459 g/mol. The zero-order valence-electron chi connectivity index (χ0n) is 18.9. The van der Waals surface area contributed by atoms with Crippen molar-refractivity contribution in [3.63, 3.8) is 0 Å². The number of aryl methyl sites for hydroxylation is 1. The molecule has 10 heteroatoms. The Bertz CT molecular complexity index is 1220. The molecule has 1 amide bonds. The van der Waals surface area contributed by atoms with Gasteiger partial charge in [0, 0.05) is 18.0 Å². The zero-order valence-corrected chi connectivity index (χ0v) is 18.9. The van der Waals surface area contributed by atoms with Crippen molar-refractivity contribution in [2.75, 3.05) is 4.90 Å². The molecule has 7 nitrogen and oxygen atoms in total. The van der Waals surface area contributed by atoms with E-state index in [2.05, 4.69) is 10.1 Å². The molecule has 0 bridgehead atoms. The normalized spacial score (nSPS) is 15.3. The number of hydrogen-bond donors (Lipinski definition) is 0. The third-order valence-corrected chi connectivity index (χ3v) is 5.37. The number of alkyl halides is 3. The van der Waals surface area contributed by atoms with Crippen LogP contribution in [0.4, 0.5) is 18.9 Å². The second-order valence-corrected chi connectivity index (χ2v) is 8.83. The highest BCUT2D eigenvalue weighted by Crippen LogP contribution is 2.43. The van der Waals surface area contributed by atoms with Gasteiger partial charge in [0.25, 0.3) is 5.91 Å². The molecule has 4 heterocycles. The van der Waals surface area contributed by atoms with Crippen molar-refractivity contribution in [3.05, 3.63) is 53.7 Å². The summed E-state index contributed by atoms with van der Waals surface area (Å²) in [6, 6.07) is 3.64. The Morgan fingerprint density at radius 3 is 2.55 bits per heavy atom. The van der Waals surface area contributed by atoms with E-state index in [0.717, 1.165) is 10.2 Å². The summed E-state index contributed by atoms with van der Waals surface area (Å²) in [4.78, 5) is 23.8. The molecule has 4 rings (SSSR count). The summed E-state index contributed by atoms with van der Waals surface area (Å²) in [5, 5.41) is 3.79. The molecule has 3 aromatic heterocycles. The minimum absolute atomic E-state index is 0.0138. The first-order valence-corrected chi connectivity index (χ1v) is 10.4. The lowest BCUT2D eigenvalue weighted by atomic mass is 9.96. The number of carbonyl (C=O) groups is 1. The number of ether oxygens (including phenoxy) is 1. The number of amides is 1. The molecule has 1 aliphatic rings. The van der Waals surface area contributed by atoms with Gasteiger partial charge in [-0.2, -0.15) is 18.3 Å². The topological polar surface area (TPSA) is 73.1 Å². The van der Waals surface area contributed by atoms with Crippen molar-refractivity contribution in [2.24, 2.45) is 0 Å². The Morgan fingerprint density at radius 1 is 1.15 bits per heavy atom. The summed E-state index contributed by atoms with van der Waals surface area (Å²) in [6.45, 7) is 8.05. The Morgan fingerprint density at radius 2 is 1.88 bits per heavy atom. The molecule has 174 valence electrons. The standard InChI is InChI=1S/C23H24F3N5O2/c1-13(2)33-17-7-15(8-27-10-17)18-6-14(3)19-20(29-18)22(4,5)31(21(19)32)16-9-28-30(11-16)12-23(24,25)26/h6-11,13H,12H2,1-5H3. The van der Waals surface area contributed by atoms with Gasteiger partial charge in [-0.1, -0.05) is 0 Å². The minimum atomic E-state index is -4.41. The van der Waals surface area contributed by atoms with Gasteiger partial charge in [-0.3, -0.25) is 19.4 Å². The maximum Gasteiger partial charge on any atom is 0.408 e. The van der Waals surface area contributed by atoms with Crippen LogP contribution in [0.3, 0.4) is 0 Å². The highest BCUT2D eigenvalue weighted by molar-refractivity contribution is 6.12. The van der Waals surface area contributed by atoms with E-state index in [1.807, 2.05) is 40.7 Å². The van der Waals surface area contributed by atoms with Gasteiger partial charge in [0.15, 0.2) is 0 Å². The highest BCUT2D eigenvalue weighted by Gasteiger charge is 2.47. The Labute approximate surface area is 189 Å². The molecular weight excluding hydrogens is 435 g/mol. The highest BCUT2D eigenvalue weighted by atomic mass is 19.4. The first-order chi connectivity index (χ1) is 15.4. The molecule has 3 aromatic rings. The molecule has 33 heavy (non-hydrogen) atoms. The van der Waals surface area contributed by atoms with E-state index in [0.29, 0.717) is 28.3 Å². The van der Waals surface area contributed by atoms with Crippen LogP contribution in [-0.4, -0.2) is 37.9 Å². The lowest BCUT2D eigenvalue weighted by molar-refractivity contribution is -0.142. The van der Waals surface area contributed by atoms with Crippen LogP contribution in [0.2, 0.25) is 0 Å². The van der Waals surface area contributed by atoms with Crippen LogP contribution in [0.5, 0.6) is 5.75 Å². The van der Waals surface area contributed by atoms with Gasteiger partial charge < -0.3 is 4.74 Å². The smallest absolute Gasteiger partial charge is 0.408 e. The lowest BCUT2D eigenvalue weighted by Crippen LogP contribution is -2.39. The number of aromatic nitrogens is 4. The fourth-order valence-corrected chi connectivity index (χ4v) is 4.08. The van der Waals surface area contributed by atoms with E-state index in [-0.39, 0.29) is 17.7 Å². The number of rotatable bonds is 5. The van der Waals surface area contributed by atoms with Crippen LogP contribution in [0.25, 0.3) is 11.3 Å². The van der Waals surface area contributed by atoms with Crippen LogP contribution in [0.15, 0.2) is 36.9 Å². The van der Waals surface area contributed by atoms with Crippen molar-refractivity contribution in [2.45, 2.75) is 59.0 Å². The second kappa shape index (κ2) is 7.86. The lowest BCUT2D eigenvalue weighted by Gasteiger charge is -2.30. The fourth-order valence-electron chi connectivity index (χ4n) is 4.08. The second-order valence-electron chi connectivity index (χ2n) is 8.83. The molecular formula is C23H24F3N5O2. The molecule has 0 aliphatic carbocycles. The molecule has 0 atom stereocenters. The van der Waals surface area contributed by atoms with Crippen LogP contribution in [0, 0.1) is 6.92 Å². The summed E-state index contributed by atoms with van der Waals surface area (Å²) in [6.07, 6.45) is 1.36. The van der Waals surface area contributed by atoms with Crippen molar-refractivity contribution in [1.29, 1.82) is 0 Å². The number of nitrogens with zero attached hydrogens (tertiary/aromatic N) is 5. The predicted octanol–water partition coefficient (Wildman–Crippen LogP) is 4.89. The van der Waals surface area contributed by atoms with Crippen LogP contribution < -0.4 is 9.64 Å². The van der Waals surface area contributed by atoms with Gasteiger partial charge in [0.2, 0.25) is 0 Å². The third-order valence-electron chi connectivity index (χ3n) is 5.37. The minimum Gasteiger partial charge on any atom is -0.489 e. The number of pyridine rings is 2. The zero-order chi connectivity index (χ0) is 24.1. The summed E-state index contributed by atoms with van der Waals surface area (Å²) < 4.78 is 44.8. The van der Waals surface area contributed by atoms with Crippen molar-refractivity contribution < 1.29 is 22.7 Å². The Kier molecular flexibility index (Phi) is 5.42. The largest absolute Gasteiger partial charge is 0.489 e. The first kappa shape index (κ1) is 22.8. The number of anilines is 1. The van der Waals surface area contributed by atoms with Crippen molar-refractivity contribution >= 4 is 11.6 Å². The first-order valence-electron chi connectivity index (χ1n) is 10.4. The Hall–Kier alpha value is -3.43. The van der Waals surface area contributed by atoms with E-state index >= 15 is 0 Å². The van der Waals surface area contributed by atoms with E-state index in [4.69, 9.17) is 9.72 Å². The molecule has 0 aromatic carbocycles. The van der Waals surface area contributed by atoms with Gasteiger partial charge >= 0.3 is 6.18 Å². The molecule has 0 fully saturated rings. The van der Waals surface area contributed by atoms with Crippen molar-refractivity contribution in [3.8, 4) is 17.0 Å². The average Bonchev–Trinajstić information content (AvgIpc) is 3.20. The number of carbonyl (C=O) groups excluding carboxylic acids is 1. The SMILES string of the molecule is Cc1cc(-c2cncc(OC(C)C)c2)nc2c1C(=O)N(c1cnn(CC(F)(F)F)c1)C2(C)C. The fraction of sp³-hybridized carbons (Fsp3) is 0.391. The maximum atomic E-state index is 13.3. The summed E-state index contributed by atoms with van der Waals surface area (Å²) in [5.41, 5.74) is 2.44. The van der Waals surface area contributed by atoms with Gasteiger partial charge in [-0.25, -0.2) is 4.98 Å². The quantitative estimate of drug-likeness (QED) is 0.543. The molecule has 0 spiro atoms. The number of fused-ring (bicyclic) bond motifs is 1. The van der Waals surface area contributed by atoms with Gasteiger partial charge in [0.1, 0.15) is 12.3 Å². The Balaban J connectivity index is 1.74. The van der Waals surface area contributed by atoms with E-state index in [9.17, 15) is 18.0 Å². The van der Waals surface area contributed by atoms with Crippen molar-refractivity contribution in [1.82, 2.24) is 19.7 Å². The van der Waals surface area contributed by atoms with Gasteiger partial charge in [-0.15, -0.1) is 0 Å². The number of halogens is 3. The maximum absolute atomic E-state index is 13.3. The van der Waals surface area contributed by atoms with Gasteiger partial charge in [0.05, 0.1) is 46.7 Å². The monoisotopic (exact) mass is 459 g/mol. The molecule has 0 unspecified atom stereocenters. The molecule has 0 N–H and O–H groups in total. The van der Waals surface area contributed by atoms with E-state index in [1.54, 1.807) is 18.5 Å². The molecule has 0 saturated heterocycles. The van der Waals surface area contributed by atoms with Crippen LogP contribution in [-0.2, 0) is 12.1 Å². The number of hydrogen-bond acceptors (Lipinski definition) is 5. The molecule has 1 aliphatic heterocycles. The van der Waals surface area contributed by atoms with E-state index in [1.165, 1.54) is 17.3 Å². The third kappa shape index (κ3) is 4.29. The van der Waals surface area contributed by atoms with Crippen LogP contribution in [0.1, 0.15) is 49.3 Å². The summed E-state index contributed by atoms with van der Waals surface area (Å²) >= 11 is 0. The molecule has 0 saturated carbocycles. The summed E-state index contributed by atoms with van der Waals surface area (Å²) in [7, 11) is 0. The molecule has 0 radical (unpaired) electrons.